The number of alkyl halides is 3. The largest absolute Gasteiger partial charge is 0.416 e. The van der Waals surface area contributed by atoms with Gasteiger partial charge in [-0.15, -0.1) is 5.10 Å². The van der Waals surface area contributed by atoms with Crippen LogP contribution in [0.25, 0.3) is 0 Å². The van der Waals surface area contributed by atoms with E-state index in [1.165, 1.54) is 34.0 Å². The number of pyridine rings is 1. The molecule has 0 fully saturated rings. The topological polar surface area (TPSA) is 63.9 Å². The smallest absolute Gasteiger partial charge is 0.336 e. The highest BCUT2D eigenvalue weighted by Crippen LogP contribution is 2.32. The molecule has 0 saturated heterocycles. The molecule has 1 amide bonds. The molecule has 3 aromatic rings. The van der Waals surface area contributed by atoms with Gasteiger partial charge in [-0.3, -0.25) is 9.78 Å². The molecule has 0 aliphatic carbocycles. The first kappa shape index (κ1) is 18.6. The number of benzene rings is 1. The van der Waals surface area contributed by atoms with Gasteiger partial charge in [0, 0.05) is 26.0 Å². The molecule has 0 aliphatic rings. The molecule has 0 radical (unpaired) electrons. The normalized spacial score (nSPS) is 11.4. The first-order valence-electron chi connectivity index (χ1n) is 8.04. The summed E-state index contributed by atoms with van der Waals surface area (Å²) >= 11 is 0. The predicted molar refractivity (Wildman–Crippen MR) is 90.6 cm³/mol. The van der Waals surface area contributed by atoms with E-state index in [9.17, 15) is 18.0 Å². The van der Waals surface area contributed by atoms with Crippen LogP contribution in [0.3, 0.4) is 0 Å². The highest BCUT2D eigenvalue weighted by Gasteiger charge is 2.33. The van der Waals surface area contributed by atoms with Crippen LogP contribution in [0.4, 0.5) is 13.2 Å². The number of amides is 1. The van der Waals surface area contributed by atoms with E-state index in [1.54, 1.807) is 25.5 Å². The van der Waals surface area contributed by atoms with Crippen molar-refractivity contribution < 1.29 is 18.0 Å². The van der Waals surface area contributed by atoms with Crippen molar-refractivity contribution in [3.05, 3.63) is 77.4 Å². The second kappa shape index (κ2) is 7.56. The van der Waals surface area contributed by atoms with E-state index in [2.05, 4.69) is 15.3 Å². The zero-order chi connectivity index (χ0) is 19.4. The van der Waals surface area contributed by atoms with E-state index in [4.69, 9.17) is 0 Å². The fourth-order valence-electron chi connectivity index (χ4n) is 2.62. The summed E-state index contributed by atoms with van der Waals surface area (Å²) in [6, 6.07) is 8.84. The fraction of sp³-hybridized carbons (Fsp3) is 0.222. The van der Waals surface area contributed by atoms with E-state index in [-0.39, 0.29) is 23.7 Å². The van der Waals surface area contributed by atoms with Gasteiger partial charge in [0.25, 0.3) is 5.91 Å². The third-order valence-corrected chi connectivity index (χ3v) is 3.90. The van der Waals surface area contributed by atoms with Crippen molar-refractivity contribution in [3.8, 4) is 0 Å². The predicted octanol–water partition coefficient (Wildman–Crippen LogP) is 3.01. The first-order valence-corrected chi connectivity index (χ1v) is 8.04. The lowest BCUT2D eigenvalue weighted by molar-refractivity contribution is -0.138. The molecule has 140 valence electrons. The monoisotopic (exact) mass is 375 g/mol. The van der Waals surface area contributed by atoms with Crippen LogP contribution in [0.5, 0.6) is 0 Å². The molecule has 0 saturated carbocycles. The zero-order valence-corrected chi connectivity index (χ0v) is 14.4. The van der Waals surface area contributed by atoms with Gasteiger partial charge >= 0.3 is 6.18 Å². The van der Waals surface area contributed by atoms with E-state index in [0.29, 0.717) is 6.54 Å². The molecule has 0 unspecified atom stereocenters. The van der Waals surface area contributed by atoms with E-state index < -0.39 is 11.7 Å². The summed E-state index contributed by atoms with van der Waals surface area (Å²) in [5, 5.41) is 7.58. The Balaban J connectivity index is 1.73. The van der Waals surface area contributed by atoms with E-state index in [1.807, 2.05) is 6.07 Å². The summed E-state index contributed by atoms with van der Waals surface area (Å²) in [6.45, 7) is 0.193. The highest BCUT2D eigenvalue weighted by atomic mass is 19.4. The molecule has 1 aromatic carbocycles. The molecular weight excluding hydrogens is 359 g/mol. The molecule has 2 aromatic heterocycles. The summed E-state index contributed by atoms with van der Waals surface area (Å²) in [6.07, 6.45) is 0.166. The first-order chi connectivity index (χ1) is 12.8. The molecule has 2 heterocycles. The SMILES string of the molecule is CN(Cc1cccnc1)C(=O)c1cn(Cc2ccccc2C(F)(F)F)nn1. The Morgan fingerprint density at radius 3 is 2.67 bits per heavy atom. The maximum Gasteiger partial charge on any atom is 0.416 e. The lowest BCUT2D eigenvalue weighted by atomic mass is 10.1. The Labute approximate surface area is 153 Å². The van der Waals surface area contributed by atoms with Crippen molar-refractivity contribution in [2.75, 3.05) is 7.05 Å². The molecule has 9 heteroatoms. The van der Waals surface area contributed by atoms with Crippen molar-refractivity contribution >= 4 is 5.91 Å². The Morgan fingerprint density at radius 1 is 1.19 bits per heavy atom. The van der Waals surface area contributed by atoms with E-state index in [0.717, 1.165) is 11.6 Å². The van der Waals surface area contributed by atoms with Gasteiger partial charge in [0.05, 0.1) is 18.3 Å². The number of carbonyl (C=O) groups excluding carboxylic acids is 1. The number of aromatic nitrogens is 4. The van der Waals surface area contributed by atoms with Crippen molar-refractivity contribution in [2.24, 2.45) is 0 Å². The molecule has 0 aliphatic heterocycles. The van der Waals surface area contributed by atoms with Crippen LogP contribution < -0.4 is 0 Å². The highest BCUT2D eigenvalue weighted by molar-refractivity contribution is 5.91. The van der Waals surface area contributed by atoms with Crippen LogP contribution in [0, 0.1) is 0 Å². The number of hydrogen-bond donors (Lipinski definition) is 0. The fourth-order valence-corrected chi connectivity index (χ4v) is 2.62. The second-order valence-electron chi connectivity index (χ2n) is 5.98. The third-order valence-electron chi connectivity index (χ3n) is 3.90. The Morgan fingerprint density at radius 2 is 1.96 bits per heavy atom. The summed E-state index contributed by atoms with van der Waals surface area (Å²) in [4.78, 5) is 17.9. The molecule has 3 rings (SSSR count). The molecule has 6 nitrogen and oxygen atoms in total. The van der Waals surface area contributed by atoms with Gasteiger partial charge in [-0.2, -0.15) is 13.2 Å². The van der Waals surface area contributed by atoms with Crippen molar-refractivity contribution in [1.29, 1.82) is 0 Å². The van der Waals surface area contributed by atoms with Gasteiger partial charge in [0.2, 0.25) is 0 Å². The Bertz CT molecular complexity index is 924. The van der Waals surface area contributed by atoms with Gasteiger partial charge < -0.3 is 4.90 Å². The van der Waals surface area contributed by atoms with Gasteiger partial charge in [-0.1, -0.05) is 29.5 Å². The molecule has 0 spiro atoms. The van der Waals surface area contributed by atoms with Crippen LogP contribution in [-0.2, 0) is 19.3 Å². The van der Waals surface area contributed by atoms with Crippen LogP contribution in [0.2, 0.25) is 0 Å². The van der Waals surface area contributed by atoms with Crippen molar-refractivity contribution in [1.82, 2.24) is 24.9 Å². The van der Waals surface area contributed by atoms with Crippen molar-refractivity contribution in [2.45, 2.75) is 19.3 Å². The van der Waals surface area contributed by atoms with Crippen LogP contribution in [0.15, 0.2) is 55.0 Å². The zero-order valence-electron chi connectivity index (χ0n) is 14.4. The van der Waals surface area contributed by atoms with Gasteiger partial charge in [0.15, 0.2) is 5.69 Å². The van der Waals surface area contributed by atoms with E-state index >= 15 is 0 Å². The minimum atomic E-state index is -4.46. The van der Waals surface area contributed by atoms with Crippen LogP contribution in [0.1, 0.15) is 27.2 Å². The third kappa shape index (κ3) is 4.49. The summed E-state index contributed by atoms with van der Waals surface area (Å²) in [7, 11) is 1.60. The number of halogens is 3. The van der Waals surface area contributed by atoms with Crippen LogP contribution >= 0.6 is 0 Å². The molecule has 0 atom stereocenters. The lowest BCUT2D eigenvalue weighted by Crippen LogP contribution is -2.26. The average molecular weight is 375 g/mol. The minimum Gasteiger partial charge on any atom is -0.336 e. The number of carbonyl (C=O) groups is 1. The van der Waals surface area contributed by atoms with Crippen molar-refractivity contribution in [3.63, 3.8) is 0 Å². The average Bonchev–Trinajstić information content (AvgIpc) is 3.10. The second-order valence-corrected chi connectivity index (χ2v) is 5.98. The van der Waals surface area contributed by atoms with Gasteiger partial charge in [-0.05, 0) is 23.3 Å². The summed E-state index contributed by atoms with van der Waals surface area (Å²) in [5.74, 6) is -0.380. The molecule has 0 N–H and O–H groups in total. The lowest BCUT2D eigenvalue weighted by Gasteiger charge is -2.15. The minimum absolute atomic E-state index is 0.0533. The Hall–Kier alpha value is -3.23. The number of nitrogens with zero attached hydrogens (tertiary/aromatic N) is 5. The quantitative estimate of drug-likeness (QED) is 0.688. The number of rotatable bonds is 5. The Kier molecular flexibility index (Phi) is 5.20. The summed E-state index contributed by atoms with van der Waals surface area (Å²) in [5.41, 5.74) is 0.227. The number of hydrogen-bond acceptors (Lipinski definition) is 4. The molecular formula is C18H16F3N5O. The maximum atomic E-state index is 13.1. The summed E-state index contributed by atoms with van der Waals surface area (Å²) < 4.78 is 40.5. The maximum absolute atomic E-state index is 13.1. The molecule has 0 bridgehead atoms. The van der Waals surface area contributed by atoms with Crippen LogP contribution in [-0.4, -0.2) is 37.8 Å². The molecule has 27 heavy (non-hydrogen) atoms. The standard InChI is InChI=1S/C18H16F3N5O/c1-25(10-13-5-4-8-22-9-13)17(27)16-12-26(24-23-16)11-14-6-2-3-7-15(14)18(19,20)21/h2-9,12H,10-11H2,1H3. The van der Waals surface area contributed by atoms with Gasteiger partial charge in [0.1, 0.15) is 0 Å². The van der Waals surface area contributed by atoms with Gasteiger partial charge in [-0.25, -0.2) is 4.68 Å².